The van der Waals surface area contributed by atoms with Crippen molar-refractivity contribution in [2.24, 2.45) is 0 Å². The minimum Gasteiger partial charge on any atom is -0.383 e. The summed E-state index contributed by atoms with van der Waals surface area (Å²) in [6, 6.07) is 11.5. The Morgan fingerprint density at radius 2 is 1.88 bits per heavy atom. The van der Waals surface area contributed by atoms with Crippen LogP contribution < -0.4 is 16.0 Å². The van der Waals surface area contributed by atoms with Crippen LogP contribution in [0.1, 0.15) is 17.3 Å². The molecule has 0 aliphatic carbocycles. The lowest BCUT2D eigenvalue weighted by atomic mass is 10.1. The van der Waals surface area contributed by atoms with E-state index in [0.29, 0.717) is 24.7 Å². The van der Waals surface area contributed by atoms with Crippen LogP contribution in [0.3, 0.4) is 0 Å². The Morgan fingerprint density at radius 3 is 2.66 bits per heavy atom. The molecule has 0 saturated carbocycles. The zero-order valence-corrected chi connectivity index (χ0v) is 16.8. The van der Waals surface area contributed by atoms with Crippen LogP contribution in [0, 0.1) is 0 Å². The van der Waals surface area contributed by atoms with Gasteiger partial charge in [-0.2, -0.15) is 13.2 Å². The van der Waals surface area contributed by atoms with E-state index in [2.05, 4.69) is 25.5 Å². The summed E-state index contributed by atoms with van der Waals surface area (Å²) >= 11 is 0. The van der Waals surface area contributed by atoms with E-state index in [1.807, 2.05) is 41.3 Å². The fraction of sp³-hybridized carbons (Fsp3) is 0.238. The molecule has 8 nitrogen and oxygen atoms in total. The Bertz CT molecular complexity index is 1270. The number of hydrogen-bond donors (Lipinski definition) is 2. The maximum Gasteiger partial charge on any atom is 0.451 e. The largest absolute Gasteiger partial charge is 0.451 e. The van der Waals surface area contributed by atoms with Gasteiger partial charge in [0, 0.05) is 35.7 Å². The van der Waals surface area contributed by atoms with Gasteiger partial charge in [-0.3, -0.25) is 4.98 Å². The second-order valence-electron chi connectivity index (χ2n) is 7.47. The van der Waals surface area contributed by atoms with Crippen molar-refractivity contribution in [2.45, 2.75) is 25.8 Å². The summed E-state index contributed by atoms with van der Waals surface area (Å²) in [4.78, 5) is 10.6. The second kappa shape index (κ2) is 7.66. The van der Waals surface area contributed by atoms with Gasteiger partial charge in [-0.15, -0.1) is 10.2 Å². The number of nitrogens with one attached hydrogen (secondary N) is 1. The maximum atomic E-state index is 13.0. The van der Waals surface area contributed by atoms with Gasteiger partial charge >= 0.3 is 6.18 Å². The molecule has 11 heteroatoms. The molecular weight excluding hydrogens is 421 g/mol. The van der Waals surface area contributed by atoms with E-state index in [1.54, 1.807) is 12.4 Å². The normalized spacial score (nSPS) is 13.9. The number of nitrogen functional groups attached to an aromatic ring is 1. The zero-order valence-electron chi connectivity index (χ0n) is 16.8. The zero-order chi connectivity index (χ0) is 22.3. The predicted molar refractivity (Wildman–Crippen MR) is 114 cm³/mol. The van der Waals surface area contributed by atoms with Crippen LogP contribution >= 0.6 is 0 Å². The van der Waals surface area contributed by atoms with Crippen LogP contribution in [0.4, 0.5) is 30.4 Å². The number of halogens is 3. The molecule has 0 fully saturated rings. The fourth-order valence-electron chi connectivity index (χ4n) is 3.87. The van der Waals surface area contributed by atoms with Crippen LogP contribution in [0.15, 0.2) is 48.8 Å². The summed E-state index contributed by atoms with van der Waals surface area (Å²) in [5.74, 6) is -0.176. The fourth-order valence-corrected chi connectivity index (χ4v) is 3.87. The van der Waals surface area contributed by atoms with Gasteiger partial charge in [0.05, 0.1) is 30.7 Å². The molecule has 0 bridgehead atoms. The maximum absolute atomic E-state index is 13.0. The van der Waals surface area contributed by atoms with Gasteiger partial charge < -0.3 is 20.5 Å². The molecule has 4 aromatic rings. The molecule has 1 aliphatic rings. The lowest BCUT2D eigenvalue weighted by Gasteiger charge is -2.29. The first kappa shape index (κ1) is 20.0. The number of anilines is 3. The molecule has 3 aromatic heterocycles. The molecule has 5 rings (SSSR count). The van der Waals surface area contributed by atoms with Crippen molar-refractivity contribution in [2.75, 3.05) is 22.5 Å². The van der Waals surface area contributed by atoms with E-state index in [-0.39, 0.29) is 13.1 Å². The molecule has 32 heavy (non-hydrogen) atoms. The highest BCUT2D eigenvalue weighted by Crippen LogP contribution is 2.30. The first-order valence-corrected chi connectivity index (χ1v) is 9.96. The van der Waals surface area contributed by atoms with E-state index in [9.17, 15) is 13.2 Å². The Labute approximate surface area is 180 Å². The Balaban J connectivity index is 1.28. The molecule has 3 N–H and O–H groups in total. The minimum atomic E-state index is -4.50. The number of fused-ring (bicyclic) bond motifs is 2. The second-order valence-corrected chi connectivity index (χ2v) is 7.47. The number of aromatic nitrogens is 5. The molecule has 0 amide bonds. The van der Waals surface area contributed by atoms with Crippen LogP contribution in [0.5, 0.6) is 0 Å². The Kier molecular flexibility index (Phi) is 4.80. The predicted octanol–water partition coefficient (Wildman–Crippen LogP) is 3.45. The standard InChI is InChI=1S/C21H19F3N8/c22-21(23,24)20-30-29-18-12-31(8-9-32(18)20)14-5-4-13(27-11-14)10-28-17-3-1-2-16-15(17)6-7-26-19(16)25/h1-7,11,28H,8-10,12H2,(H2,25,26). The number of pyridine rings is 2. The summed E-state index contributed by atoms with van der Waals surface area (Å²) < 4.78 is 40.2. The highest BCUT2D eigenvalue weighted by molar-refractivity contribution is 5.99. The van der Waals surface area contributed by atoms with Crippen molar-refractivity contribution in [1.29, 1.82) is 0 Å². The molecule has 1 aromatic carbocycles. The highest BCUT2D eigenvalue weighted by Gasteiger charge is 2.39. The summed E-state index contributed by atoms with van der Waals surface area (Å²) in [7, 11) is 0. The lowest BCUT2D eigenvalue weighted by Crippen LogP contribution is -2.35. The molecule has 0 saturated heterocycles. The molecule has 4 heterocycles. The van der Waals surface area contributed by atoms with Crippen molar-refractivity contribution in [3.8, 4) is 0 Å². The molecule has 1 aliphatic heterocycles. The Hall–Kier alpha value is -3.89. The van der Waals surface area contributed by atoms with Gasteiger partial charge in [-0.1, -0.05) is 12.1 Å². The van der Waals surface area contributed by atoms with E-state index in [4.69, 9.17) is 5.73 Å². The van der Waals surface area contributed by atoms with E-state index in [1.165, 1.54) is 0 Å². The first-order chi connectivity index (χ1) is 15.4. The molecule has 0 radical (unpaired) electrons. The van der Waals surface area contributed by atoms with Gasteiger partial charge in [0.2, 0.25) is 5.82 Å². The monoisotopic (exact) mass is 440 g/mol. The third-order valence-electron chi connectivity index (χ3n) is 5.48. The SMILES string of the molecule is Nc1nccc2c(NCc3ccc(N4CCn5c(nnc5C(F)(F)F)C4)cn3)cccc12. The van der Waals surface area contributed by atoms with Crippen molar-refractivity contribution < 1.29 is 13.2 Å². The quantitative estimate of drug-likeness (QED) is 0.502. The number of rotatable bonds is 4. The van der Waals surface area contributed by atoms with Gasteiger partial charge in [0.25, 0.3) is 0 Å². The van der Waals surface area contributed by atoms with E-state index in [0.717, 1.165) is 32.4 Å². The van der Waals surface area contributed by atoms with Crippen LogP contribution in [-0.2, 0) is 25.8 Å². The van der Waals surface area contributed by atoms with Gasteiger partial charge in [0.1, 0.15) is 5.82 Å². The van der Waals surface area contributed by atoms with Gasteiger partial charge in [0.15, 0.2) is 5.82 Å². The van der Waals surface area contributed by atoms with Crippen molar-refractivity contribution in [3.63, 3.8) is 0 Å². The van der Waals surface area contributed by atoms with Crippen LogP contribution in [0.2, 0.25) is 0 Å². The Morgan fingerprint density at radius 1 is 1.00 bits per heavy atom. The average Bonchev–Trinajstić information content (AvgIpc) is 3.22. The third kappa shape index (κ3) is 3.66. The number of hydrogen-bond acceptors (Lipinski definition) is 7. The number of alkyl halides is 3. The van der Waals surface area contributed by atoms with Crippen LogP contribution in [0.25, 0.3) is 10.8 Å². The molecule has 164 valence electrons. The van der Waals surface area contributed by atoms with E-state index < -0.39 is 12.0 Å². The molecule has 0 spiro atoms. The summed E-state index contributed by atoms with van der Waals surface area (Å²) in [6.45, 7) is 1.33. The number of nitrogens with zero attached hydrogens (tertiary/aromatic N) is 6. The topological polar surface area (TPSA) is 97.8 Å². The lowest BCUT2D eigenvalue weighted by molar-refractivity contribution is -0.147. The summed E-state index contributed by atoms with van der Waals surface area (Å²) in [6.07, 6.45) is -1.11. The van der Waals surface area contributed by atoms with Gasteiger partial charge in [-0.25, -0.2) is 4.98 Å². The van der Waals surface area contributed by atoms with Crippen molar-refractivity contribution in [3.05, 3.63) is 66.1 Å². The number of nitrogens with two attached hydrogens (primary N) is 1. The van der Waals surface area contributed by atoms with Crippen LogP contribution in [-0.4, -0.2) is 31.3 Å². The van der Waals surface area contributed by atoms with Crippen molar-refractivity contribution in [1.82, 2.24) is 24.7 Å². The molecular formula is C21H19F3N8. The first-order valence-electron chi connectivity index (χ1n) is 9.96. The number of benzene rings is 1. The summed E-state index contributed by atoms with van der Waals surface area (Å²) in [5, 5.41) is 12.3. The third-order valence-corrected chi connectivity index (χ3v) is 5.48. The summed E-state index contributed by atoms with van der Waals surface area (Å²) in [5.41, 5.74) is 8.53. The average molecular weight is 440 g/mol. The van der Waals surface area contributed by atoms with Crippen molar-refractivity contribution >= 4 is 28.0 Å². The molecule has 0 atom stereocenters. The van der Waals surface area contributed by atoms with Gasteiger partial charge in [-0.05, 0) is 24.3 Å². The molecule has 0 unspecified atom stereocenters. The van der Waals surface area contributed by atoms with E-state index >= 15 is 0 Å². The smallest absolute Gasteiger partial charge is 0.383 e. The minimum absolute atomic E-state index is 0.166. The highest BCUT2D eigenvalue weighted by atomic mass is 19.4.